The monoisotopic (exact) mass is 328 g/mol. The summed E-state index contributed by atoms with van der Waals surface area (Å²) in [5, 5.41) is 7.31. The van der Waals surface area contributed by atoms with Gasteiger partial charge in [-0.25, -0.2) is 4.79 Å². The highest BCUT2D eigenvalue weighted by Crippen LogP contribution is 2.31. The van der Waals surface area contributed by atoms with E-state index in [1.165, 1.54) is 0 Å². The van der Waals surface area contributed by atoms with E-state index in [-0.39, 0.29) is 6.04 Å². The molecule has 1 unspecified atom stereocenters. The van der Waals surface area contributed by atoms with Gasteiger partial charge in [0.15, 0.2) is 0 Å². The Morgan fingerprint density at radius 2 is 2.00 bits per heavy atom. The molecule has 0 radical (unpaired) electrons. The van der Waals surface area contributed by atoms with Gasteiger partial charge in [-0.1, -0.05) is 30.0 Å². The number of urea groups is 1. The summed E-state index contributed by atoms with van der Waals surface area (Å²) in [6.07, 6.45) is 0. The lowest BCUT2D eigenvalue weighted by Crippen LogP contribution is -2.30. The Balaban J connectivity index is 1.99. The minimum Gasteiger partial charge on any atom is -0.331 e. The highest BCUT2D eigenvalue weighted by molar-refractivity contribution is 7.99. The summed E-state index contributed by atoms with van der Waals surface area (Å²) in [4.78, 5) is 13.3. The van der Waals surface area contributed by atoms with Gasteiger partial charge in [0, 0.05) is 9.77 Å². The number of carbonyl (C=O) groups excluding carboxylic acids is 1. The molecule has 7 heteroatoms. The summed E-state index contributed by atoms with van der Waals surface area (Å²) in [6.45, 7) is 1.87. The smallest absolute Gasteiger partial charge is 0.319 e. The quantitative estimate of drug-likeness (QED) is 0.763. The minimum atomic E-state index is -2.53. The van der Waals surface area contributed by atoms with Crippen molar-refractivity contribution >= 4 is 34.8 Å². The van der Waals surface area contributed by atoms with Crippen LogP contribution in [0.4, 0.5) is 19.3 Å². The van der Waals surface area contributed by atoms with Crippen LogP contribution in [0, 0.1) is 0 Å². The van der Waals surface area contributed by atoms with Gasteiger partial charge >= 0.3 is 6.03 Å². The number of benzene rings is 1. The molecule has 1 aromatic heterocycles. The van der Waals surface area contributed by atoms with Crippen LogP contribution in [-0.4, -0.2) is 11.8 Å². The van der Waals surface area contributed by atoms with Crippen LogP contribution in [0.5, 0.6) is 0 Å². The van der Waals surface area contributed by atoms with Crippen LogP contribution in [-0.2, 0) is 0 Å². The summed E-state index contributed by atoms with van der Waals surface area (Å²) >= 11 is 1.95. The van der Waals surface area contributed by atoms with E-state index >= 15 is 0 Å². The maximum Gasteiger partial charge on any atom is 0.319 e. The third kappa shape index (κ3) is 4.71. The molecule has 21 heavy (non-hydrogen) atoms. The number of alkyl halides is 2. The molecule has 1 atom stereocenters. The standard InChI is InChI=1S/C14H14F2N2OS2/c1-9(11-7-4-8-20-11)17-14(19)18-10-5-2-3-6-12(10)21-13(15)16/h2-9,13H,1H3,(H2,17,18,19). The molecule has 0 saturated heterocycles. The molecule has 0 saturated carbocycles. The number of anilines is 1. The highest BCUT2D eigenvalue weighted by Gasteiger charge is 2.14. The molecule has 0 fully saturated rings. The molecule has 2 aromatic rings. The van der Waals surface area contributed by atoms with Gasteiger partial charge in [-0.3, -0.25) is 0 Å². The van der Waals surface area contributed by atoms with Gasteiger partial charge in [0.05, 0.1) is 11.7 Å². The van der Waals surface area contributed by atoms with Crippen molar-refractivity contribution in [1.29, 1.82) is 0 Å². The van der Waals surface area contributed by atoms with Crippen LogP contribution in [0.2, 0.25) is 0 Å². The van der Waals surface area contributed by atoms with E-state index in [2.05, 4.69) is 10.6 Å². The number of hydrogen-bond donors (Lipinski definition) is 2. The lowest BCUT2D eigenvalue weighted by molar-refractivity contribution is 0.249. The van der Waals surface area contributed by atoms with Crippen molar-refractivity contribution in [3.05, 3.63) is 46.7 Å². The van der Waals surface area contributed by atoms with Crippen LogP contribution in [0.15, 0.2) is 46.7 Å². The predicted octanol–water partition coefficient (Wildman–Crippen LogP) is 4.95. The molecule has 0 aliphatic rings. The van der Waals surface area contributed by atoms with Gasteiger partial charge in [0.25, 0.3) is 5.76 Å². The average molecular weight is 328 g/mol. The van der Waals surface area contributed by atoms with Crippen molar-refractivity contribution in [2.75, 3.05) is 5.32 Å². The molecule has 2 N–H and O–H groups in total. The van der Waals surface area contributed by atoms with Crippen LogP contribution >= 0.6 is 23.1 Å². The zero-order valence-electron chi connectivity index (χ0n) is 11.2. The van der Waals surface area contributed by atoms with Gasteiger partial charge in [-0.05, 0) is 30.5 Å². The van der Waals surface area contributed by atoms with E-state index in [4.69, 9.17) is 0 Å². The van der Waals surface area contributed by atoms with Crippen molar-refractivity contribution in [2.45, 2.75) is 23.6 Å². The third-order valence-electron chi connectivity index (χ3n) is 2.67. The molecule has 0 spiro atoms. The first-order valence-corrected chi connectivity index (χ1v) is 7.97. The number of rotatable bonds is 5. The molecular weight excluding hydrogens is 314 g/mol. The summed E-state index contributed by atoms with van der Waals surface area (Å²) in [5.74, 6) is -2.53. The Bertz CT molecular complexity index is 590. The van der Waals surface area contributed by atoms with E-state index in [0.29, 0.717) is 22.3 Å². The van der Waals surface area contributed by atoms with Gasteiger partial charge in [0.1, 0.15) is 0 Å². The third-order valence-corrected chi connectivity index (χ3v) is 4.51. The van der Waals surface area contributed by atoms with E-state index in [0.717, 1.165) is 4.88 Å². The summed E-state index contributed by atoms with van der Waals surface area (Å²) < 4.78 is 24.9. The van der Waals surface area contributed by atoms with E-state index in [9.17, 15) is 13.6 Å². The average Bonchev–Trinajstić information content (AvgIpc) is 2.94. The van der Waals surface area contributed by atoms with Crippen molar-refractivity contribution in [3.63, 3.8) is 0 Å². The van der Waals surface area contributed by atoms with Gasteiger partial charge in [0.2, 0.25) is 0 Å². The van der Waals surface area contributed by atoms with Gasteiger partial charge < -0.3 is 10.6 Å². The van der Waals surface area contributed by atoms with Gasteiger partial charge in [-0.2, -0.15) is 8.78 Å². The second-order valence-electron chi connectivity index (χ2n) is 4.21. The Kier molecular flexibility index (Phi) is 5.58. The molecule has 2 amide bonds. The van der Waals surface area contributed by atoms with Crippen molar-refractivity contribution in [2.24, 2.45) is 0 Å². The maximum absolute atomic E-state index is 12.5. The number of halogens is 2. The largest absolute Gasteiger partial charge is 0.331 e. The predicted molar refractivity (Wildman–Crippen MR) is 83.2 cm³/mol. The van der Waals surface area contributed by atoms with Crippen LogP contribution in [0.25, 0.3) is 0 Å². The number of thioether (sulfide) groups is 1. The number of thiophene rings is 1. The molecule has 0 aliphatic carbocycles. The molecule has 1 heterocycles. The molecular formula is C14H14F2N2OS2. The van der Waals surface area contributed by atoms with E-state index in [1.54, 1.807) is 35.6 Å². The first-order valence-electron chi connectivity index (χ1n) is 6.21. The SMILES string of the molecule is CC(NC(=O)Nc1ccccc1SC(F)F)c1cccs1. The van der Waals surface area contributed by atoms with Crippen molar-refractivity contribution < 1.29 is 13.6 Å². The molecule has 112 valence electrons. The van der Waals surface area contributed by atoms with E-state index in [1.807, 2.05) is 24.4 Å². The number of nitrogens with one attached hydrogen (secondary N) is 2. The molecule has 1 aromatic carbocycles. The second-order valence-corrected chi connectivity index (χ2v) is 6.22. The lowest BCUT2D eigenvalue weighted by Gasteiger charge is -2.15. The van der Waals surface area contributed by atoms with Crippen LogP contribution < -0.4 is 10.6 Å². The van der Waals surface area contributed by atoms with Crippen LogP contribution in [0.1, 0.15) is 17.8 Å². The Hall–Kier alpha value is -1.60. The van der Waals surface area contributed by atoms with Crippen molar-refractivity contribution in [1.82, 2.24) is 5.32 Å². The van der Waals surface area contributed by atoms with E-state index < -0.39 is 11.8 Å². The second kappa shape index (κ2) is 7.42. The lowest BCUT2D eigenvalue weighted by atomic mass is 10.3. The molecule has 0 aliphatic heterocycles. The molecule has 0 bridgehead atoms. The first-order chi connectivity index (χ1) is 10.1. The zero-order valence-corrected chi connectivity index (χ0v) is 12.8. The number of para-hydroxylation sites is 1. The van der Waals surface area contributed by atoms with Crippen LogP contribution in [0.3, 0.4) is 0 Å². The first kappa shape index (κ1) is 15.8. The van der Waals surface area contributed by atoms with Crippen molar-refractivity contribution in [3.8, 4) is 0 Å². The fourth-order valence-electron chi connectivity index (χ4n) is 1.73. The summed E-state index contributed by atoms with van der Waals surface area (Å²) in [6, 6.07) is 9.77. The number of hydrogen-bond acceptors (Lipinski definition) is 3. The topological polar surface area (TPSA) is 41.1 Å². The highest BCUT2D eigenvalue weighted by atomic mass is 32.2. The Morgan fingerprint density at radius 1 is 1.24 bits per heavy atom. The molecule has 3 nitrogen and oxygen atoms in total. The summed E-state index contributed by atoms with van der Waals surface area (Å²) in [5.41, 5.74) is 0.374. The maximum atomic E-state index is 12.5. The number of amides is 2. The normalized spacial score (nSPS) is 12.2. The molecule has 2 rings (SSSR count). The fraction of sp³-hybridized carbons (Fsp3) is 0.214. The fourth-order valence-corrected chi connectivity index (χ4v) is 3.06. The summed E-state index contributed by atoms with van der Waals surface area (Å²) in [7, 11) is 0. The Labute approximate surface area is 129 Å². The minimum absolute atomic E-state index is 0.139. The number of carbonyl (C=O) groups is 1. The van der Waals surface area contributed by atoms with Gasteiger partial charge in [-0.15, -0.1) is 11.3 Å². The zero-order chi connectivity index (χ0) is 15.2. The Morgan fingerprint density at radius 3 is 2.67 bits per heavy atom.